The highest BCUT2D eigenvalue weighted by Gasteiger charge is 2.07. The molecule has 18 heavy (non-hydrogen) atoms. The van der Waals surface area contributed by atoms with Crippen molar-refractivity contribution in [2.24, 2.45) is 11.7 Å². The van der Waals surface area contributed by atoms with E-state index in [2.05, 4.69) is 13.8 Å². The summed E-state index contributed by atoms with van der Waals surface area (Å²) in [6.45, 7) is 7.47. The Hall–Kier alpha value is -1.13. The van der Waals surface area contributed by atoms with Crippen LogP contribution in [-0.4, -0.2) is 19.8 Å². The fourth-order valence-electron chi connectivity index (χ4n) is 1.45. The normalized spacial score (nSPS) is 12.8. The molecule has 102 valence electrons. The Morgan fingerprint density at radius 1 is 1.22 bits per heavy atom. The second kappa shape index (κ2) is 7.34. The molecule has 0 unspecified atom stereocenters. The molecule has 0 spiro atoms. The first-order valence-electron chi connectivity index (χ1n) is 6.26. The number of benzene rings is 1. The summed E-state index contributed by atoms with van der Waals surface area (Å²) < 4.78 is 24.3. The molecule has 4 heteroatoms. The Labute approximate surface area is 108 Å². The lowest BCUT2D eigenvalue weighted by Crippen LogP contribution is -2.11. The van der Waals surface area contributed by atoms with Gasteiger partial charge in [-0.25, -0.2) is 4.39 Å². The third-order valence-corrected chi connectivity index (χ3v) is 2.42. The highest BCUT2D eigenvalue weighted by Crippen LogP contribution is 2.20. The summed E-state index contributed by atoms with van der Waals surface area (Å²) in [5.74, 6) is 0.355. The molecule has 1 aromatic carbocycles. The zero-order valence-electron chi connectivity index (χ0n) is 11.3. The van der Waals surface area contributed by atoms with Crippen LogP contribution >= 0.6 is 0 Å². The minimum absolute atomic E-state index is 0.178. The second-order valence-corrected chi connectivity index (χ2v) is 4.80. The molecule has 1 aromatic rings. The summed E-state index contributed by atoms with van der Waals surface area (Å²) in [5, 5.41) is 0. The van der Waals surface area contributed by atoms with Crippen LogP contribution in [0.1, 0.15) is 32.4 Å². The van der Waals surface area contributed by atoms with Crippen LogP contribution in [0, 0.1) is 11.7 Å². The minimum atomic E-state index is -0.381. The molecule has 0 amide bonds. The summed E-state index contributed by atoms with van der Waals surface area (Å²) in [7, 11) is 0. The SMILES string of the molecule is CC(C)COCCOc1ccc([C@H](C)N)cc1F. The van der Waals surface area contributed by atoms with Crippen molar-refractivity contribution in [1.29, 1.82) is 0 Å². The number of rotatable bonds is 7. The zero-order chi connectivity index (χ0) is 13.5. The van der Waals surface area contributed by atoms with E-state index in [1.807, 2.05) is 6.92 Å². The molecule has 0 aliphatic rings. The molecule has 0 saturated heterocycles. The molecule has 1 atom stereocenters. The first-order valence-corrected chi connectivity index (χ1v) is 6.26. The first-order chi connectivity index (χ1) is 8.50. The lowest BCUT2D eigenvalue weighted by molar-refractivity contribution is 0.0807. The van der Waals surface area contributed by atoms with Crippen LogP contribution in [0.3, 0.4) is 0 Å². The molecule has 3 nitrogen and oxygen atoms in total. The van der Waals surface area contributed by atoms with Gasteiger partial charge in [-0.1, -0.05) is 19.9 Å². The highest BCUT2D eigenvalue weighted by molar-refractivity contribution is 5.30. The molecule has 0 radical (unpaired) electrons. The Kier molecular flexibility index (Phi) is 6.09. The lowest BCUT2D eigenvalue weighted by Gasteiger charge is -2.11. The van der Waals surface area contributed by atoms with Gasteiger partial charge in [0, 0.05) is 12.6 Å². The highest BCUT2D eigenvalue weighted by atomic mass is 19.1. The number of ether oxygens (including phenoxy) is 2. The van der Waals surface area contributed by atoms with Gasteiger partial charge in [0.05, 0.1) is 6.61 Å². The average molecular weight is 255 g/mol. The van der Waals surface area contributed by atoms with Crippen LogP contribution in [0.4, 0.5) is 4.39 Å². The van der Waals surface area contributed by atoms with Crippen molar-refractivity contribution in [3.63, 3.8) is 0 Å². The minimum Gasteiger partial charge on any atom is -0.488 e. The Bertz CT molecular complexity index is 367. The van der Waals surface area contributed by atoms with Crippen molar-refractivity contribution in [1.82, 2.24) is 0 Å². The first kappa shape index (κ1) is 14.9. The van der Waals surface area contributed by atoms with E-state index >= 15 is 0 Å². The van der Waals surface area contributed by atoms with Gasteiger partial charge < -0.3 is 15.2 Å². The van der Waals surface area contributed by atoms with Gasteiger partial charge in [-0.15, -0.1) is 0 Å². The van der Waals surface area contributed by atoms with Gasteiger partial charge in [0.15, 0.2) is 11.6 Å². The predicted octanol–water partition coefficient (Wildman–Crippen LogP) is 2.90. The number of hydrogen-bond donors (Lipinski definition) is 1. The van der Waals surface area contributed by atoms with E-state index in [4.69, 9.17) is 15.2 Å². The smallest absolute Gasteiger partial charge is 0.165 e. The molecule has 1 rings (SSSR count). The molecule has 0 saturated carbocycles. The molecule has 0 fully saturated rings. The van der Waals surface area contributed by atoms with Crippen LogP contribution in [0.25, 0.3) is 0 Å². The second-order valence-electron chi connectivity index (χ2n) is 4.80. The van der Waals surface area contributed by atoms with Crippen LogP contribution in [0.5, 0.6) is 5.75 Å². The third kappa shape index (κ3) is 5.02. The van der Waals surface area contributed by atoms with Crippen molar-refractivity contribution in [3.05, 3.63) is 29.6 Å². The largest absolute Gasteiger partial charge is 0.488 e. The van der Waals surface area contributed by atoms with Crippen molar-refractivity contribution >= 4 is 0 Å². The van der Waals surface area contributed by atoms with Crippen molar-refractivity contribution in [2.75, 3.05) is 19.8 Å². The summed E-state index contributed by atoms with van der Waals surface area (Å²) in [6.07, 6.45) is 0. The van der Waals surface area contributed by atoms with Crippen LogP contribution < -0.4 is 10.5 Å². The van der Waals surface area contributed by atoms with E-state index in [1.54, 1.807) is 12.1 Å². The van der Waals surface area contributed by atoms with Gasteiger partial charge in [0.2, 0.25) is 0 Å². The van der Waals surface area contributed by atoms with Gasteiger partial charge in [-0.05, 0) is 30.5 Å². The quantitative estimate of drug-likeness (QED) is 0.762. The van der Waals surface area contributed by atoms with E-state index < -0.39 is 0 Å². The zero-order valence-corrected chi connectivity index (χ0v) is 11.3. The lowest BCUT2D eigenvalue weighted by atomic mass is 10.1. The maximum Gasteiger partial charge on any atom is 0.165 e. The summed E-state index contributed by atoms with van der Waals surface area (Å²) in [4.78, 5) is 0. The van der Waals surface area contributed by atoms with E-state index in [1.165, 1.54) is 6.07 Å². The van der Waals surface area contributed by atoms with Crippen LogP contribution in [0.2, 0.25) is 0 Å². The number of hydrogen-bond acceptors (Lipinski definition) is 3. The van der Waals surface area contributed by atoms with Gasteiger partial charge >= 0.3 is 0 Å². The molecule has 0 aromatic heterocycles. The summed E-state index contributed by atoms with van der Waals surface area (Å²) in [6, 6.07) is 4.62. The topological polar surface area (TPSA) is 44.5 Å². The van der Waals surface area contributed by atoms with Crippen LogP contribution in [-0.2, 0) is 4.74 Å². The average Bonchev–Trinajstić information content (AvgIpc) is 2.29. The van der Waals surface area contributed by atoms with Crippen molar-refractivity contribution < 1.29 is 13.9 Å². The predicted molar refractivity (Wildman–Crippen MR) is 70.2 cm³/mol. The fraction of sp³-hybridized carbons (Fsp3) is 0.571. The summed E-state index contributed by atoms with van der Waals surface area (Å²) in [5.41, 5.74) is 6.43. The molecule has 0 aliphatic heterocycles. The van der Waals surface area contributed by atoms with E-state index in [0.29, 0.717) is 25.7 Å². The third-order valence-electron chi connectivity index (χ3n) is 2.42. The molecule has 2 N–H and O–H groups in total. The number of nitrogens with two attached hydrogens (primary N) is 1. The van der Waals surface area contributed by atoms with E-state index in [9.17, 15) is 4.39 Å². The van der Waals surface area contributed by atoms with Gasteiger partial charge in [0.1, 0.15) is 6.61 Å². The van der Waals surface area contributed by atoms with Gasteiger partial charge in [0.25, 0.3) is 0 Å². The maximum absolute atomic E-state index is 13.6. The van der Waals surface area contributed by atoms with Gasteiger partial charge in [-0.2, -0.15) is 0 Å². The molecular formula is C14H22FNO2. The van der Waals surface area contributed by atoms with Crippen molar-refractivity contribution in [2.45, 2.75) is 26.8 Å². The number of halogens is 1. The van der Waals surface area contributed by atoms with Gasteiger partial charge in [-0.3, -0.25) is 0 Å². The summed E-state index contributed by atoms with van der Waals surface area (Å²) >= 11 is 0. The fourth-order valence-corrected chi connectivity index (χ4v) is 1.45. The van der Waals surface area contributed by atoms with Crippen molar-refractivity contribution in [3.8, 4) is 5.75 Å². The van der Waals surface area contributed by atoms with Crippen LogP contribution in [0.15, 0.2) is 18.2 Å². The monoisotopic (exact) mass is 255 g/mol. The molecule has 0 bridgehead atoms. The van der Waals surface area contributed by atoms with E-state index in [0.717, 1.165) is 5.56 Å². The standard InChI is InChI=1S/C14H22FNO2/c1-10(2)9-17-6-7-18-14-5-4-12(11(3)16)8-13(14)15/h4-5,8,10-11H,6-7,9,16H2,1-3H3/t11-/m0/s1. The molecule has 0 heterocycles. The molecule has 0 aliphatic carbocycles. The van der Waals surface area contributed by atoms with E-state index in [-0.39, 0.29) is 17.6 Å². The maximum atomic E-state index is 13.6. The Morgan fingerprint density at radius 3 is 2.50 bits per heavy atom. The molecular weight excluding hydrogens is 233 g/mol. The Morgan fingerprint density at radius 2 is 1.94 bits per heavy atom. The Balaban J connectivity index is 2.39.